The van der Waals surface area contributed by atoms with Crippen molar-refractivity contribution in [2.45, 2.75) is 18.9 Å². The fourth-order valence-electron chi connectivity index (χ4n) is 3.25. The van der Waals surface area contributed by atoms with Gasteiger partial charge in [-0.15, -0.1) is 12.1 Å². The van der Waals surface area contributed by atoms with Crippen molar-refractivity contribution in [2.75, 3.05) is 7.05 Å². The summed E-state index contributed by atoms with van der Waals surface area (Å²) in [5.41, 5.74) is 2.73. The molecule has 1 aromatic heterocycles. The van der Waals surface area contributed by atoms with Gasteiger partial charge in [-0.25, -0.2) is 0 Å². The van der Waals surface area contributed by atoms with Gasteiger partial charge in [0.05, 0.1) is 0 Å². The van der Waals surface area contributed by atoms with Gasteiger partial charge in [0.2, 0.25) is 5.76 Å². The molecule has 3 aromatic carbocycles. The van der Waals surface area contributed by atoms with Crippen LogP contribution in [0.25, 0.3) is 11.3 Å². The number of hydrogen-bond acceptors (Lipinski definition) is 6. The topological polar surface area (TPSA) is 80.7 Å². The van der Waals surface area contributed by atoms with Gasteiger partial charge in [-0.2, -0.15) is 26.3 Å². The number of carbonyl (C=O) groups is 1. The van der Waals surface area contributed by atoms with Crippen LogP contribution in [0.3, 0.4) is 0 Å². The Kier molecular flexibility index (Phi) is 13.0. The second kappa shape index (κ2) is 15.9. The van der Waals surface area contributed by atoms with Gasteiger partial charge < -0.3 is 24.9 Å². The first kappa shape index (κ1) is 35.0. The predicted molar refractivity (Wildman–Crippen MR) is 142 cm³/mol. The Labute approximate surface area is 257 Å². The van der Waals surface area contributed by atoms with Gasteiger partial charge in [-0.05, 0) is 48.6 Å². The van der Waals surface area contributed by atoms with Crippen LogP contribution in [0, 0.1) is 6.07 Å². The first-order chi connectivity index (χ1) is 19.9. The van der Waals surface area contributed by atoms with Crippen molar-refractivity contribution in [2.24, 2.45) is 0 Å². The molecule has 4 rings (SSSR count). The summed E-state index contributed by atoms with van der Waals surface area (Å²) in [6.07, 6.45) is -9.88. The third-order valence-corrected chi connectivity index (χ3v) is 5.13. The summed E-state index contributed by atoms with van der Waals surface area (Å²) in [7, 11) is 1.92. The van der Waals surface area contributed by atoms with Crippen LogP contribution in [0.5, 0.6) is 23.0 Å². The molecule has 2 N–H and O–H groups in total. The van der Waals surface area contributed by atoms with Gasteiger partial charge in [0.15, 0.2) is 0 Å². The number of aromatic nitrogens is 1. The van der Waals surface area contributed by atoms with E-state index in [0.717, 1.165) is 34.9 Å². The van der Waals surface area contributed by atoms with E-state index in [1.165, 1.54) is 0 Å². The molecule has 0 unspecified atom stereocenters. The molecule has 0 aliphatic carbocycles. The van der Waals surface area contributed by atoms with Crippen LogP contribution in [0.15, 0.2) is 103 Å². The second-order valence-corrected chi connectivity index (χ2v) is 8.37. The number of hydrogen-bond donors (Lipinski definition) is 2. The van der Waals surface area contributed by atoms with Crippen LogP contribution in [0.2, 0.25) is 0 Å². The number of aliphatic hydroxyl groups excluding tert-OH is 1. The number of benzene rings is 3. The third-order valence-electron chi connectivity index (χ3n) is 5.13. The van der Waals surface area contributed by atoms with E-state index in [1.807, 2.05) is 92.0 Å². The number of alkyl halides is 6. The first-order valence-corrected chi connectivity index (χ1v) is 12.1. The Bertz CT molecular complexity index is 1500. The van der Waals surface area contributed by atoms with Crippen LogP contribution in [0.1, 0.15) is 5.56 Å². The van der Waals surface area contributed by atoms with E-state index in [2.05, 4.69) is 16.4 Å². The Morgan fingerprint density at radius 1 is 0.884 bits per heavy atom. The van der Waals surface area contributed by atoms with Crippen LogP contribution in [-0.2, 0) is 32.4 Å². The van der Waals surface area contributed by atoms with Crippen LogP contribution < -0.4 is 14.8 Å². The molecule has 0 amide bonds. The molecule has 0 saturated carbocycles. The Balaban J connectivity index is 0.000000394. The van der Waals surface area contributed by atoms with Crippen molar-refractivity contribution in [1.82, 2.24) is 10.3 Å². The molecule has 0 saturated heterocycles. The number of ketones is 1. The molecule has 13 heteroatoms. The molecule has 0 spiro atoms. The Morgan fingerprint density at radius 3 is 2.00 bits per heavy atom. The van der Waals surface area contributed by atoms with Crippen LogP contribution >= 0.6 is 0 Å². The SMILES string of the molecule is CNCc1ccnc(-c2[c-]cc(Oc3ccccc3)cc2Oc2ccccc2)c1.O=C(/C=C(\O)C(F)(F)F)C(F)(F)F.[Pt]. The van der Waals surface area contributed by atoms with E-state index >= 15 is 0 Å². The maximum Gasteiger partial charge on any atom is 0.454 e. The molecule has 1 heterocycles. The summed E-state index contributed by atoms with van der Waals surface area (Å²) in [5.74, 6) is -2.55. The van der Waals surface area contributed by atoms with Crippen molar-refractivity contribution in [1.29, 1.82) is 0 Å². The van der Waals surface area contributed by atoms with Gasteiger partial charge in [-0.1, -0.05) is 54.1 Å². The molecule has 4 aromatic rings. The molecular weight excluding hydrogens is 761 g/mol. The summed E-state index contributed by atoms with van der Waals surface area (Å²) >= 11 is 0. The standard InChI is InChI=1S/C25H21N2O2.C5H2F6O2.Pt/c1-26-18-19-14-15-27-24(16-19)23-13-12-22(28-20-8-4-2-5-9-20)17-25(23)29-21-10-6-3-7-11-21;6-4(7,8)2(12)1-3(13)5(9,10)11;/h2-12,14-17,26H,18H2,1H3;1,12H;/q-1;;/b;2-1-;. The van der Waals surface area contributed by atoms with Gasteiger partial charge >= 0.3 is 12.4 Å². The van der Waals surface area contributed by atoms with E-state index in [-0.39, 0.29) is 21.1 Å². The maximum atomic E-state index is 11.4. The summed E-state index contributed by atoms with van der Waals surface area (Å²) < 4.78 is 80.2. The number of ether oxygens (including phenoxy) is 2. The molecule has 43 heavy (non-hydrogen) atoms. The smallest absolute Gasteiger partial charge is 0.454 e. The quantitative estimate of drug-likeness (QED) is 0.0818. The first-order valence-electron chi connectivity index (χ1n) is 12.1. The summed E-state index contributed by atoms with van der Waals surface area (Å²) in [5, 5.41) is 11.1. The zero-order valence-electron chi connectivity index (χ0n) is 22.1. The van der Waals surface area contributed by atoms with E-state index in [0.29, 0.717) is 11.5 Å². The fraction of sp³-hybridized carbons (Fsp3) is 0.133. The van der Waals surface area contributed by atoms with Crippen LogP contribution in [0.4, 0.5) is 26.3 Å². The van der Waals surface area contributed by atoms with Crippen molar-refractivity contribution >= 4 is 5.78 Å². The van der Waals surface area contributed by atoms with Crippen molar-refractivity contribution in [3.63, 3.8) is 0 Å². The molecule has 230 valence electrons. The van der Waals surface area contributed by atoms with Crippen LogP contribution in [-0.4, -0.2) is 35.3 Å². The number of nitrogens with zero attached hydrogens (tertiary/aromatic N) is 1. The van der Waals surface area contributed by atoms with Crippen molar-refractivity contribution in [3.8, 4) is 34.3 Å². The summed E-state index contributed by atoms with van der Waals surface area (Å²) in [6, 6.07) is 30.3. The fourth-order valence-corrected chi connectivity index (χ4v) is 3.25. The largest absolute Gasteiger partial charge is 0.504 e. The monoisotopic (exact) mass is 784 g/mol. The van der Waals surface area contributed by atoms with Gasteiger partial charge in [0, 0.05) is 51.4 Å². The van der Waals surface area contributed by atoms with Gasteiger partial charge in [0.1, 0.15) is 11.5 Å². The minimum Gasteiger partial charge on any atom is -0.504 e. The third kappa shape index (κ3) is 11.2. The number of aliphatic hydroxyl groups is 1. The van der Waals surface area contributed by atoms with E-state index in [1.54, 1.807) is 6.20 Å². The summed E-state index contributed by atoms with van der Waals surface area (Å²) in [4.78, 5) is 14.4. The molecule has 6 nitrogen and oxygen atoms in total. The number of nitrogens with one attached hydrogen (secondary N) is 1. The average molecular weight is 785 g/mol. The number of rotatable bonds is 8. The normalized spacial score (nSPS) is 11.5. The zero-order chi connectivity index (χ0) is 30.8. The molecule has 0 atom stereocenters. The molecular formula is C30H23F6N2O4Pt-. The van der Waals surface area contributed by atoms with Crippen molar-refractivity contribution < 1.29 is 66.8 Å². The van der Waals surface area contributed by atoms with E-state index in [9.17, 15) is 31.1 Å². The zero-order valence-corrected chi connectivity index (χ0v) is 24.4. The molecule has 0 aliphatic rings. The number of carbonyl (C=O) groups excluding carboxylic acids is 1. The second-order valence-electron chi connectivity index (χ2n) is 8.37. The molecule has 0 aliphatic heterocycles. The molecule has 0 bridgehead atoms. The average Bonchev–Trinajstić information content (AvgIpc) is 2.94. The van der Waals surface area contributed by atoms with Crippen molar-refractivity contribution in [3.05, 3.63) is 115 Å². The minimum atomic E-state index is -5.42. The minimum absolute atomic E-state index is 0. The number of halogens is 6. The Morgan fingerprint density at radius 2 is 1.47 bits per heavy atom. The van der Waals surface area contributed by atoms with E-state index < -0.39 is 30.0 Å². The molecule has 0 fully saturated rings. The van der Waals surface area contributed by atoms with Gasteiger partial charge in [0.25, 0.3) is 5.78 Å². The van der Waals surface area contributed by atoms with Gasteiger partial charge in [-0.3, -0.25) is 4.79 Å². The number of pyridine rings is 1. The van der Waals surface area contributed by atoms with E-state index in [4.69, 9.17) is 14.6 Å². The molecule has 0 radical (unpaired) electrons. The maximum absolute atomic E-state index is 11.4. The predicted octanol–water partition coefficient (Wildman–Crippen LogP) is 7.97. The number of para-hydroxylation sites is 2. The summed E-state index contributed by atoms with van der Waals surface area (Å²) in [6.45, 7) is 0.763. The Hall–Kier alpha value is -4.15. The number of allylic oxidation sites excluding steroid dienone is 2.